The van der Waals surface area contributed by atoms with Gasteiger partial charge in [0.05, 0.1) is 25.9 Å². The van der Waals surface area contributed by atoms with Gasteiger partial charge in [-0.15, -0.1) is 0 Å². The molecule has 0 bridgehead atoms. The van der Waals surface area contributed by atoms with Crippen molar-refractivity contribution in [2.75, 3.05) is 19.8 Å². The van der Waals surface area contributed by atoms with E-state index in [1.807, 2.05) is 0 Å². The van der Waals surface area contributed by atoms with Crippen molar-refractivity contribution < 1.29 is 20.1 Å². The third-order valence-electron chi connectivity index (χ3n) is 5.22. The maximum Gasteiger partial charge on any atom is 0.100 e. The lowest BCUT2D eigenvalue weighted by Gasteiger charge is -2.13. The Morgan fingerprint density at radius 2 is 0.926 bits per heavy atom. The summed E-state index contributed by atoms with van der Waals surface area (Å²) in [6.45, 7) is 2.31. The second-order valence-corrected chi connectivity index (χ2v) is 8.12. The van der Waals surface area contributed by atoms with Gasteiger partial charge in [-0.3, -0.25) is 0 Å². The van der Waals surface area contributed by atoms with Crippen molar-refractivity contribution in [3.05, 3.63) is 0 Å². The molecule has 0 aliphatic carbocycles. The van der Waals surface area contributed by atoms with Crippen LogP contribution in [0.4, 0.5) is 0 Å². The quantitative estimate of drug-likeness (QED) is 0.218. The Morgan fingerprint density at radius 1 is 0.556 bits per heavy atom. The molecule has 0 rings (SSSR count). The number of aliphatic hydroxyl groups excluding tert-OH is 3. The fourth-order valence-corrected chi connectivity index (χ4v) is 3.40. The van der Waals surface area contributed by atoms with E-state index in [-0.39, 0.29) is 19.8 Å². The first-order chi connectivity index (χ1) is 13.2. The molecule has 0 heterocycles. The zero-order chi connectivity index (χ0) is 20.0. The van der Waals surface area contributed by atoms with Crippen molar-refractivity contribution in [3.8, 4) is 0 Å². The van der Waals surface area contributed by atoms with E-state index >= 15 is 0 Å². The van der Waals surface area contributed by atoms with Gasteiger partial charge in [0.15, 0.2) is 0 Å². The lowest BCUT2D eigenvalue weighted by molar-refractivity contribution is -0.0262. The van der Waals surface area contributed by atoms with Crippen molar-refractivity contribution >= 4 is 0 Å². The average molecular weight is 389 g/mol. The molecule has 0 saturated carbocycles. The van der Waals surface area contributed by atoms with E-state index in [1.165, 1.54) is 96.3 Å². The normalized spacial score (nSPS) is 13.8. The molecule has 4 heteroatoms. The minimum atomic E-state index is -0.840. The Balaban J connectivity index is 3.12. The van der Waals surface area contributed by atoms with E-state index in [2.05, 4.69) is 6.92 Å². The lowest BCUT2D eigenvalue weighted by Crippen LogP contribution is -2.23. The second-order valence-electron chi connectivity index (χ2n) is 8.12. The molecular formula is C23H48O4. The largest absolute Gasteiger partial charge is 0.394 e. The highest BCUT2D eigenvalue weighted by molar-refractivity contribution is 4.57. The molecule has 27 heavy (non-hydrogen) atoms. The smallest absolute Gasteiger partial charge is 0.100 e. The fourth-order valence-electron chi connectivity index (χ4n) is 3.40. The van der Waals surface area contributed by atoms with Crippen LogP contribution in [0.1, 0.15) is 116 Å². The number of hydrogen-bond donors (Lipinski definition) is 3. The zero-order valence-electron chi connectivity index (χ0n) is 18.0. The van der Waals surface area contributed by atoms with E-state index in [9.17, 15) is 5.11 Å². The molecule has 0 aliphatic rings. The van der Waals surface area contributed by atoms with Crippen LogP contribution < -0.4 is 0 Å². The molecule has 0 amide bonds. The maximum atomic E-state index is 9.78. The Kier molecular flexibility index (Phi) is 22.0. The lowest BCUT2D eigenvalue weighted by atomic mass is 10.0. The van der Waals surface area contributed by atoms with Gasteiger partial charge in [-0.05, 0) is 6.42 Å². The van der Waals surface area contributed by atoms with E-state index in [4.69, 9.17) is 14.9 Å². The average Bonchev–Trinajstić information content (AvgIpc) is 2.67. The summed E-state index contributed by atoms with van der Waals surface area (Å²) in [5.74, 6) is 0. The molecule has 0 aromatic carbocycles. The molecule has 0 saturated heterocycles. The van der Waals surface area contributed by atoms with Gasteiger partial charge < -0.3 is 20.1 Å². The minimum absolute atomic E-state index is 0.0898. The monoisotopic (exact) mass is 388 g/mol. The predicted molar refractivity (Wildman–Crippen MR) is 114 cm³/mol. The summed E-state index contributed by atoms with van der Waals surface area (Å²) < 4.78 is 5.17. The Labute approximate surface area is 168 Å². The van der Waals surface area contributed by atoms with E-state index in [1.54, 1.807) is 0 Å². The van der Waals surface area contributed by atoms with Crippen LogP contribution in [-0.2, 0) is 4.74 Å². The van der Waals surface area contributed by atoms with Crippen molar-refractivity contribution in [2.24, 2.45) is 0 Å². The summed E-state index contributed by atoms with van der Waals surface area (Å²) >= 11 is 0. The van der Waals surface area contributed by atoms with Gasteiger partial charge in [0.1, 0.15) is 6.10 Å². The van der Waals surface area contributed by atoms with Crippen LogP contribution in [0, 0.1) is 0 Å². The Bertz CT molecular complexity index is 273. The molecular weight excluding hydrogens is 340 g/mol. The standard InChI is InChI=1S/C23H48O4/c1-2-3-4-5-6-7-8-9-10-11-12-13-14-15-16-17-18-22(25)20-27-21-23(26)19-24/h22-26H,2-21H2,1H3/t22-,23+/m1/s1. The summed E-state index contributed by atoms with van der Waals surface area (Å²) in [5, 5.41) is 27.6. The van der Waals surface area contributed by atoms with Gasteiger partial charge >= 0.3 is 0 Å². The van der Waals surface area contributed by atoms with E-state index < -0.39 is 12.2 Å². The summed E-state index contributed by atoms with van der Waals surface area (Å²) in [6, 6.07) is 0. The third-order valence-corrected chi connectivity index (χ3v) is 5.22. The number of hydrogen-bond acceptors (Lipinski definition) is 4. The molecule has 0 radical (unpaired) electrons. The van der Waals surface area contributed by atoms with Crippen LogP contribution in [0.15, 0.2) is 0 Å². The van der Waals surface area contributed by atoms with Crippen LogP contribution in [0.25, 0.3) is 0 Å². The summed E-state index contributed by atoms with van der Waals surface area (Å²) in [5.41, 5.74) is 0. The van der Waals surface area contributed by atoms with Crippen molar-refractivity contribution in [1.82, 2.24) is 0 Å². The summed E-state index contributed by atoms with van der Waals surface area (Å²) in [6.07, 6.45) is 21.1. The van der Waals surface area contributed by atoms with Crippen LogP contribution in [0.3, 0.4) is 0 Å². The Hall–Kier alpha value is -0.160. The predicted octanol–water partition coefficient (Wildman–Crippen LogP) is 5.37. The second kappa shape index (κ2) is 22.1. The Morgan fingerprint density at radius 3 is 1.33 bits per heavy atom. The van der Waals surface area contributed by atoms with Gasteiger partial charge in [0, 0.05) is 0 Å². The van der Waals surface area contributed by atoms with Crippen LogP contribution >= 0.6 is 0 Å². The highest BCUT2D eigenvalue weighted by Gasteiger charge is 2.06. The first-order valence-corrected chi connectivity index (χ1v) is 11.8. The number of rotatable bonds is 22. The number of aliphatic hydroxyl groups is 3. The molecule has 0 aliphatic heterocycles. The highest BCUT2D eigenvalue weighted by atomic mass is 16.5. The third kappa shape index (κ3) is 22.0. The molecule has 0 aromatic rings. The van der Waals surface area contributed by atoms with Crippen molar-refractivity contribution in [3.63, 3.8) is 0 Å². The van der Waals surface area contributed by atoms with Crippen LogP contribution in [0.5, 0.6) is 0 Å². The highest BCUT2D eigenvalue weighted by Crippen LogP contribution is 2.14. The van der Waals surface area contributed by atoms with Crippen LogP contribution in [-0.4, -0.2) is 47.3 Å². The molecule has 0 fully saturated rings. The van der Waals surface area contributed by atoms with Crippen molar-refractivity contribution in [1.29, 1.82) is 0 Å². The molecule has 0 spiro atoms. The van der Waals surface area contributed by atoms with E-state index in [0.717, 1.165) is 12.8 Å². The molecule has 4 nitrogen and oxygen atoms in total. The van der Waals surface area contributed by atoms with Crippen molar-refractivity contribution in [2.45, 2.75) is 128 Å². The number of unbranched alkanes of at least 4 members (excludes halogenated alkanes) is 15. The number of ether oxygens (including phenoxy) is 1. The van der Waals surface area contributed by atoms with Gasteiger partial charge in [-0.25, -0.2) is 0 Å². The van der Waals surface area contributed by atoms with E-state index in [0.29, 0.717) is 0 Å². The summed E-state index contributed by atoms with van der Waals surface area (Å²) in [7, 11) is 0. The first-order valence-electron chi connectivity index (χ1n) is 11.8. The molecule has 0 aromatic heterocycles. The topological polar surface area (TPSA) is 69.9 Å². The maximum absolute atomic E-state index is 9.78. The van der Waals surface area contributed by atoms with Gasteiger partial charge in [0.25, 0.3) is 0 Å². The summed E-state index contributed by atoms with van der Waals surface area (Å²) in [4.78, 5) is 0. The van der Waals surface area contributed by atoms with Gasteiger partial charge in [-0.2, -0.15) is 0 Å². The molecule has 3 N–H and O–H groups in total. The van der Waals surface area contributed by atoms with Gasteiger partial charge in [-0.1, -0.05) is 110 Å². The SMILES string of the molecule is CCCCCCCCCCCCCCCCCC[C@@H](O)COC[C@@H](O)CO. The van der Waals surface area contributed by atoms with Gasteiger partial charge in [0.2, 0.25) is 0 Å². The molecule has 0 unspecified atom stereocenters. The molecule has 2 atom stereocenters. The minimum Gasteiger partial charge on any atom is -0.394 e. The molecule has 164 valence electrons. The zero-order valence-corrected chi connectivity index (χ0v) is 18.0. The van der Waals surface area contributed by atoms with Crippen LogP contribution in [0.2, 0.25) is 0 Å². The first kappa shape index (κ1) is 26.8. The fraction of sp³-hybridized carbons (Fsp3) is 1.00.